The number of hydrogen-bond acceptors (Lipinski definition) is 1. The molecule has 2 aromatic rings. The first-order valence-electron chi connectivity index (χ1n) is 6.39. The molecule has 0 aliphatic carbocycles. The molecule has 17 heavy (non-hydrogen) atoms. The average Bonchev–Trinajstić information content (AvgIpc) is 2.64. The van der Waals surface area contributed by atoms with Gasteiger partial charge in [0.15, 0.2) is 0 Å². The van der Waals surface area contributed by atoms with E-state index < -0.39 is 0 Å². The minimum Gasteiger partial charge on any atom is -0.358 e. The number of aromatic nitrogens is 1. The number of nitrogens with one attached hydrogen (secondary N) is 2. The number of aromatic amines is 1. The second-order valence-electron chi connectivity index (χ2n) is 5.07. The van der Waals surface area contributed by atoms with Crippen LogP contribution in [0.2, 0.25) is 0 Å². The van der Waals surface area contributed by atoms with Gasteiger partial charge in [0.25, 0.3) is 0 Å². The lowest BCUT2D eigenvalue weighted by atomic mass is 10.0. The van der Waals surface area contributed by atoms with Crippen molar-refractivity contribution in [3.05, 3.63) is 35.0 Å². The van der Waals surface area contributed by atoms with Crippen molar-refractivity contribution in [1.82, 2.24) is 10.3 Å². The lowest BCUT2D eigenvalue weighted by molar-refractivity contribution is 0.764. The smallest absolute Gasteiger partial charge is 0.0461 e. The van der Waals surface area contributed by atoms with Gasteiger partial charge in [0, 0.05) is 16.6 Å². The number of fused-ring (bicyclic) bond motifs is 1. The maximum atomic E-state index is 3.59. The van der Waals surface area contributed by atoms with E-state index in [1.54, 1.807) is 0 Å². The third-order valence-corrected chi connectivity index (χ3v) is 3.30. The van der Waals surface area contributed by atoms with E-state index in [9.17, 15) is 0 Å². The molecule has 1 heterocycles. The van der Waals surface area contributed by atoms with Crippen molar-refractivity contribution < 1.29 is 0 Å². The van der Waals surface area contributed by atoms with Crippen LogP contribution in [0.15, 0.2) is 18.2 Å². The van der Waals surface area contributed by atoms with Gasteiger partial charge in [-0.15, -0.1) is 0 Å². The first kappa shape index (κ1) is 12.2. The Morgan fingerprint density at radius 2 is 2.06 bits per heavy atom. The highest BCUT2D eigenvalue weighted by molar-refractivity contribution is 5.85. The fraction of sp³-hybridized carbons (Fsp3) is 0.467. The minimum absolute atomic E-state index is 0.551. The molecule has 2 nitrogen and oxygen atoms in total. The summed E-state index contributed by atoms with van der Waals surface area (Å²) in [6, 6.07) is 6.69. The molecule has 0 aliphatic rings. The van der Waals surface area contributed by atoms with Gasteiger partial charge in [-0.3, -0.25) is 0 Å². The molecule has 2 N–H and O–H groups in total. The standard InChI is InChI=1S/C15H22N2/c1-10(2)15-13(7-8-16-4)12-6-5-11(3)9-14(12)17-15/h5-6,9-10,16-17H,7-8H2,1-4H3. The van der Waals surface area contributed by atoms with Crippen molar-refractivity contribution in [2.24, 2.45) is 0 Å². The molecular formula is C15H22N2. The molecule has 0 spiro atoms. The molecular weight excluding hydrogens is 208 g/mol. The van der Waals surface area contributed by atoms with Crippen LogP contribution in [0, 0.1) is 6.92 Å². The Bertz CT molecular complexity index is 509. The van der Waals surface area contributed by atoms with E-state index in [0.29, 0.717) is 5.92 Å². The summed E-state index contributed by atoms with van der Waals surface area (Å²) in [7, 11) is 2.01. The summed E-state index contributed by atoms with van der Waals surface area (Å²) >= 11 is 0. The maximum Gasteiger partial charge on any atom is 0.0461 e. The zero-order chi connectivity index (χ0) is 12.4. The van der Waals surface area contributed by atoms with Crippen molar-refractivity contribution in [1.29, 1.82) is 0 Å². The van der Waals surface area contributed by atoms with Crippen molar-refractivity contribution in [2.75, 3.05) is 13.6 Å². The highest BCUT2D eigenvalue weighted by Gasteiger charge is 2.13. The number of benzene rings is 1. The highest BCUT2D eigenvalue weighted by Crippen LogP contribution is 2.28. The summed E-state index contributed by atoms with van der Waals surface area (Å²) in [5, 5.41) is 4.62. The van der Waals surface area contributed by atoms with Crippen LogP contribution >= 0.6 is 0 Å². The summed E-state index contributed by atoms with van der Waals surface area (Å²) in [6.07, 6.45) is 1.09. The van der Waals surface area contributed by atoms with Gasteiger partial charge in [0.1, 0.15) is 0 Å². The SMILES string of the molecule is CNCCc1c(C(C)C)[nH]c2cc(C)ccc12. The van der Waals surface area contributed by atoms with Crippen LogP contribution in [0.25, 0.3) is 10.9 Å². The molecule has 0 unspecified atom stereocenters. The Hall–Kier alpha value is -1.28. The summed E-state index contributed by atoms with van der Waals surface area (Å²) in [4.78, 5) is 3.59. The van der Waals surface area contributed by atoms with E-state index in [1.807, 2.05) is 7.05 Å². The second kappa shape index (κ2) is 4.92. The Kier molecular flexibility index (Phi) is 3.53. The second-order valence-corrected chi connectivity index (χ2v) is 5.07. The first-order valence-corrected chi connectivity index (χ1v) is 6.39. The van der Waals surface area contributed by atoms with E-state index in [-0.39, 0.29) is 0 Å². The van der Waals surface area contributed by atoms with Crippen LogP contribution < -0.4 is 5.32 Å². The molecule has 0 aliphatic heterocycles. The molecule has 92 valence electrons. The quantitative estimate of drug-likeness (QED) is 0.828. The van der Waals surface area contributed by atoms with Crippen LogP contribution in [-0.2, 0) is 6.42 Å². The number of H-pyrrole nitrogens is 1. The van der Waals surface area contributed by atoms with Crippen molar-refractivity contribution in [3.63, 3.8) is 0 Å². The van der Waals surface area contributed by atoms with Gasteiger partial charge in [-0.25, -0.2) is 0 Å². The zero-order valence-corrected chi connectivity index (χ0v) is 11.2. The predicted octanol–water partition coefficient (Wildman–Crippen LogP) is 3.36. The number of likely N-dealkylation sites (N-methyl/N-ethyl adjacent to an activating group) is 1. The van der Waals surface area contributed by atoms with Crippen LogP contribution in [0.1, 0.15) is 36.6 Å². The molecule has 0 saturated carbocycles. The third kappa shape index (κ3) is 2.37. The van der Waals surface area contributed by atoms with Gasteiger partial charge in [-0.05, 0) is 50.0 Å². The van der Waals surface area contributed by atoms with Gasteiger partial charge in [-0.1, -0.05) is 26.0 Å². The molecule has 0 bridgehead atoms. The summed E-state index contributed by atoms with van der Waals surface area (Å²) in [5.74, 6) is 0.551. The van der Waals surface area contributed by atoms with Crippen LogP contribution in [0.4, 0.5) is 0 Å². The van der Waals surface area contributed by atoms with Gasteiger partial charge >= 0.3 is 0 Å². The third-order valence-electron chi connectivity index (χ3n) is 3.30. The topological polar surface area (TPSA) is 27.8 Å². The minimum atomic E-state index is 0.551. The molecule has 2 rings (SSSR count). The monoisotopic (exact) mass is 230 g/mol. The first-order chi connectivity index (χ1) is 8.13. The molecule has 1 aromatic heterocycles. The summed E-state index contributed by atoms with van der Waals surface area (Å²) < 4.78 is 0. The zero-order valence-electron chi connectivity index (χ0n) is 11.2. The summed E-state index contributed by atoms with van der Waals surface area (Å²) in [5.41, 5.74) is 5.46. The van der Waals surface area contributed by atoms with Crippen LogP contribution in [0.3, 0.4) is 0 Å². The largest absolute Gasteiger partial charge is 0.358 e. The van der Waals surface area contributed by atoms with E-state index >= 15 is 0 Å². The fourth-order valence-electron chi connectivity index (χ4n) is 2.40. The van der Waals surface area contributed by atoms with Crippen molar-refractivity contribution in [2.45, 2.75) is 33.1 Å². The molecule has 0 saturated heterocycles. The normalized spacial score (nSPS) is 11.6. The molecule has 0 amide bonds. The van der Waals surface area contributed by atoms with E-state index in [0.717, 1.165) is 13.0 Å². The van der Waals surface area contributed by atoms with Crippen LogP contribution in [0.5, 0.6) is 0 Å². The Morgan fingerprint density at radius 1 is 1.29 bits per heavy atom. The highest BCUT2D eigenvalue weighted by atomic mass is 14.8. The van der Waals surface area contributed by atoms with Gasteiger partial charge < -0.3 is 10.3 Å². The van der Waals surface area contributed by atoms with Gasteiger partial charge in [0.05, 0.1) is 0 Å². The molecule has 0 fully saturated rings. The number of aryl methyl sites for hydroxylation is 1. The number of hydrogen-bond donors (Lipinski definition) is 2. The Labute approximate surface area is 103 Å². The van der Waals surface area contributed by atoms with Crippen molar-refractivity contribution in [3.8, 4) is 0 Å². The van der Waals surface area contributed by atoms with Crippen LogP contribution in [-0.4, -0.2) is 18.6 Å². The van der Waals surface area contributed by atoms with E-state index in [1.165, 1.54) is 27.7 Å². The predicted molar refractivity (Wildman–Crippen MR) is 74.8 cm³/mol. The molecule has 2 heteroatoms. The Morgan fingerprint density at radius 3 is 2.71 bits per heavy atom. The van der Waals surface area contributed by atoms with Gasteiger partial charge in [-0.2, -0.15) is 0 Å². The molecule has 0 atom stereocenters. The lowest BCUT2D eigenvalue weighted by Gasteiger charge is -2.07. The Balaban J connectivity index is 2.54. The van der Waals surface area contributed by atoms with E-state index in [2.05, 4.69) is 49.3 Å². The van der Waals surface area contributed by atoms with Crippen molar-refractivity contribution >= 4 is 10.9 Å². The van der Waals surface area contributed by atoms with E-state index in [4.69, 9.17) is 0 Å². The molecule has 1 aromatic carbocycles. The lowest BCUT2D eigenvalue weighted by Crippen LogP contribution is -2.11. The number of rotatable bonds is 4. The summed E-state index contributed by atoms with van der Waals surface area (Å²) in [6.45, 7) is 7.67. The average molecular weight is 230 g/mol. The van der Waals surface area contributed by atoms with Gasteiger partial charge in [0.2, 0.25) is 0 Å². The maximum absolute atomic E-state index is 3.59. The molecule has 0 radical (unpaired) electrons. The fourth-order valence-corrected chi connectivity index (χ4v) is 2.40.